The van der Waals surface area contributed by atoms with Gasteiger partial charge in [0.1, 0.15) is 5.75 Å². The highest BCUT2D eigenvalue weighted by Gasteiger charge is 2.04. The van der Waals surface area contributed by atoms with Gasteiger partial charge in [-0.3, -0.25) is 0 Å². The van der Waals surface area contributed by atoms with Gasteiger partial charge in [-0.2, -0.15) is 0 Å². The van der Waals surface area contributed by atoms with Crippen LogP contribution in [0.15, 0.2) is 42.5 Å². The Morgan fingerprint density at radius 1 is 1.08 bits per heavy atom. The first kappa shape index (κ1) is 19.0. The van der Waals surface area contributed by atoms with E-state index in [1.807, 2.05) is 24.3 Å². The van der Waals surface area contributed by atoms with Crippen molar-refractivity contribution in [2.45, 2.75) is 46.6 Å². The molecule has 0 saturated carbocycles. The number of benzene rings is 2. The second kappa shape index (κ2) is 9.26. The van der Waals surface area contributed by atoms with Gasteiger partial charge in [0.2, 0.25) is 0 Å². The van der Waals surface area contributed by atoms with Gasteiger partial charge in [-0.1, -0.05) is 32.0 Å². The number of aryl methyl sites for hydroxylation is 2. The Bertz CT molecular complexity index is 702. The maximum absolute atomic E-state index is 12.0. The molecular weight excluding hydrogens is 310 g/mol. The lowest BCUT2D eigenvalue weighted by atomic mass is 9.97. The van der Waals surface area contributed by atoms with E-state index in [9.17, 15) is 5.21 Å². The standard InChI is InChI=1S/C22H29NO2/c1-17(2)14-20-7-10-21(18(3)15-20)6-5-13-23(24)16-19-8-11-22(25-4)12-9-19/h7-13,15,17H,5-6,14,16H2,1-4H3. The van der Waals surface area contributed by atoms with Crippen LogP contribution in [0.5, 0.6) is 5.75 Å². The summed E-state index contributed by atoms with van der Waals surface area (Å²) in [5.41, 5.74) is 5.02. The maximum atomic E-state index is 12.0. The van der Waals surface area contributed by atoms with Gasteiger partial charge in [0.05, 0.1) is 7.11 Å². The van der Waals surface area contributed by atoms with Crippen molar-refractivity contribution in [1.82, 2.24) is 0 Å². The summed E-state index contributed by atoms with van der Waals surface area (Å²) in [6, 6.07) is 14.3. The van der Waals surface area contributed by atoms with E-state index in [-0.39, 0.29) is 0 Å². The van der Waals surface area contributed by atoms with Crippen molar-refractivity contribution in [1.29, 1.82) is 0 Å². The first-order chi connectivity index (χ1) is 12.0. The molecule has 3 heteroatoms. The summed E-state index contributed by atoms with van der Waals surface area (Å²) in [7, 11) is 1.64. The summed E-state index contributed by atoms with van der Waals surface area (Å²) in [4.78, 5) is 0. The van der Waals surface area contributed by atoms with Crippen LogP contribution in [0.4, 0.5) is 0 Å². The minimum Gasteiger partial charge on any atom is -0.624 e. The third-order valence-electron chi connectivity index (χ3n) is 4.29. The largest absolute Gasteiger partial charge is 0.624 e. The Balaban J connectivity index is 1.88. The zero-order valence-corrected chi connectivity index (χ0v) is 15.8. The second-order valence-corrected chi connectivity index (χ2v) is 7.00. The average Bonchev–Trinajstić information content (AvgIpc) is 2.57. The minimum absolute atomic E-state index is 0.371. The van der Waals surface area contributed by atoms with Crippen LogP contribution in [-0.2, 0) is 19.4 Å². The van der Waals surface area contributed by atoms with Gasteiger partial charge in [-0.15, -0.1) is 0 Å². The second-order valence-electron chi connectivity index (χ2n) is 7.00. The van der Waals surface area contributed by atoms with E-state index in [0.717, 1.165) is 35.3 Å². The van der Waals surface area contributed by atoms with Gasteiger partial charge >= 0.3 is 0 Å². The molecule has 0 aromatic heterocycles. The third kappa shape index (κ3) is 6.26. The van der Waals surface area contributed by atoms with Crippen LogP contribution < -0.4 is 4.74 Å². The molecule has 0 fully saturated rings. The molecule has 0 aliphatic heterocycles. The molecule has 2 aromatic rings. The fourth-order valence-corrected chi connectivity index (χ4v) is 2.98. The van der Waals surface area contributed by atoms with Crippen LogP contribution in [0.2, 0.25) is 0 Å². The number of nitrogens with zero attached hydrogens (tertiary/aromatic N) is 1. The number of methoxy groups -OCH3 is 1. The van der Waals surface area contributed by atoms with Crippen molar-refractivity contribution >= 4 is 6.21 Å². The maximum Gasteiger partial charge on any atom is 0.178 e. The molecule has 3 nitrogen and oxygen atoms in total. The van der Waals surface area contributed by atoms with Gasteiger partial charge in [0, 0.05) is 12.0 Å². The first-order valence-electron chi connectivity index (χ1n) is 8.96. The SMILES string of the molecule is COc1ccc(C[N+]([O-])=CCCc2ccc(CC(C)C)cc2C)cc1. The monoisotopic (exact) mass is 339 g/mol. The van der Waals surface area contributed by atoms with E-state index in [1.54, 1.807) is 13.3 Å². The summed E-state index contributed by atoms with van der Waals surface area (Å²) in [5.74, 6) is 1.48. The number of ether oxygens (including phenoxy) is 1. The molecule has 0 N–H and O–H groups in total. The molecule has 0 bridgehead atoms. The van der Waals surface area contributed by atoms with Gasteiger partial charge in [-0.05, 0) is 66.6 Å². The summed E-state index contributed by atoms with van der Waals surface area (Å²) in [5, 5.41) is 12.0. The molecule has 0 heterocycles. The molecule has 2 rings (SSSR count). The predicted octanol–water partition coefficient (Wildman–Crippen LogP) is 4.92. The molecule has 0 aliphatic carbocycles. The molecule has 2 aromatic carbocycles. The van der Waals surface area contributed by atoms with Crippen molar-refractivity contribution < 1.29 is 9.48 Å². The highest BCUT2D eigenvalue weighted by molar-refractivity contribution is 5.52. The Kier molecular flexibility index (Phi) is 7.05. The smallest absolute Gasteiger partial charge is 0.178 e. The van der Waals surface area contributed by atoms with Gasteiger partial charge < -0.3 is 9.94 Å². The Morgan fingerprint density at radius 3 is 2.36 bits per heavy atom. The topological polar surface area (TPSA) is 35.3 Å². The molecule has 0 aliphatic rings. The lowest BCUT2D eigenvalue weighted by molar-refractivity contribution is -0.471. The fourth-order valence-electron chi connectivity index (χ4n) is 2.98. The molecule has 0 amide bonds. The highest BCUT2D eigenvalue weighted by Crippen LogP contribution is 2.16. The van der Waals surface area contributed by atoms with Crippen LogP contribution >= 0.6 is 0 Å². The Hall–Kier alpha value is -2.29. The van der Waals surface area contributed by atoms with Crippen molar-refractivity contribution in [3.05, 3.63) is 69.9 Å². The van der Waals surface area contributed by atoms with Crippen LogP contribution in [-0.4, -0.2) is 18.1 Å². The lowest BCUT2D eigenvalue weighted by Gasteiger charge is -2.10. The van der Waals surface area contributed by atoms with E-state index in [0.29, 0.717) is 12.5 Å². The lowest BCUT2D eigenvalue weighted by Crippen LogP contribution is -2.06. The van der Waals surface area contributed by atoms with Crippen LogP contribution in [0.1, 0.15) is 42.5 Å². The summed E-state index contributed by atoms with van der Waals surface area (Å²) in [6.45, 7) is 7.01. The predicted molar refractivity (Wildman–Crippen MR) is 104 cm³/mol. The normalized spacial score (nSPS) is 11.8. The fraction of sp³-hybridized carbons (Fsp3) is 0.409. The van der Waals surface area contributed by atoms with Crippen molar-refractivity contribution in [2.75, 3.05) is 7.11 Å². The Morgan fingerprint density at radius 2 is 1.76 bits per heavy atom. The molecule has 0 radical (unpaired) electrons. The van der Waals surface area contributed by atoms with E-state index in [1.165, 1.54) is 16.7 Å². The highest BCUT2D eigenvalue weighted by atomic mass is 16.5. The summed E-state index contributed by atoms with van der Waals surface area (Å²) >= 11 is 0. The quantitative estimate of drug-likeness (QED) is 0.296. The number of hydrogen-bond donors (Lipinski definition) is 0. The minimum atomic E-state index is 0.371. The molecular formula is C22H29NO2. The van der Waals surface area contributed by atoms with E-state index < -0.39 is 0 Å². The number of hydroxylamine groups is 1. The van der Waals surface area contributed by atoms with Gasteiger partial charge in [-0.25, -0.2) is 4.74 Å². The van der Waals surface area contributed by atoms with Crippen LogP contribution in [0, 0.1) is 18.0 Å². The molecule has 0 spiro atoms. The molecule has 0 saturated heterocycles. The van der Waals surface area contributed by atoms with Crippen molar-refractivity contribution in [3.8, 4) is 5.75 Å². The molecule has 0 atom stereocenters. The van der Waals surface area contributed by atoms with Crippen molar-refractivity contribution in [3.63, 3.8) is 0 Å². The average molecular weight is 339 g/mol. The Labute approximate surface area is 151 Å². The van der Waals surface area contributed by atoms with E-state index >= 15 is 0 Å². The first-order valence-corrected chi connectivity index (χ1v) is 8.96. The summed E-state index contributed by atoms with van der Waals surface area (Å²) < 4.78 is 6.15. The van der Waals surface area contributed by atoms with Gasteiger partial charge in [0.15, 0.2) is 12.8 Å². The zero-order chi connectivity index (χ0) is 18.2. The van der Waals surface area contributed by atoms with E-state index in [4.69, 9.17) is 4.74 Å². The molecule has 0 unspecified atom stereocenters. The van der Waals surface area contributed by atoms with Crippen LogP contribution in [0.3, 0.4) is 0 Å². The molecule has 134 valence electrons. The third-order valence-corrected chi connectivity index (χ3v) is 4.29. The number of hydrogen-bond acceptors (Lipinski definition) is 2. The summed E-state index contributed by atoms with van der Waals surface area (Å²) in [6.07, 6.45) is 4.51. The van der Waals surface area contributed by atoms with E-state index in [2.05, 4.69) is 39.0 Å². The number of rotatable bonds is 8. The zero-order valence-electron chi connectivity index (χ0n) is 15.8. The van der Waals surface area contributed by atoms with Crippen molar-refractivity contribution in [2.24, 2.45) is 5.92 Å². The molecule has 25 heavy (non-hydrogen) atoms. The van der Waals surface area contributed by atoms with Gasteiger partial charge in [0.25, 0.3) is 0 Å². The van der Waals surface area contributed by atoms with Crippen LogP contribution in [0.25, 0.3) is 0 Å².